The van der Waals surface area contributed by atoms with Gasteiger partial charge in [0.1, 0.15) is 11.6 Å². The zero-order valence-electron chi connectivity index (χ0n) is 19.3. The van der Waals surface area contributed by atoms with Crippen LogP contribution >= 0.6 is 12.2 Å². The molecule has 0 unspecified atom stereocenters. The van der Waals surface area contributed by atoms with Crippen LogP contribution in [-0.4, -0.2) is 72.9 Å². The quantitative estimate of drug-likeness (QED) is 0.438. The number of nitrogens with zero attached hydrogens (tertiary/aromatic N) is 5. The number of aromatic nitrogens is 4. The van der Waals surface area contributed by atoms with Gasteiger partial charge in [-0.25, -0.2) is 19.3 Å². The summed E-state index contributed by atoms with van der Waals surface area (Å²) >= 11 is 5.30. The fourth-order valence-corrected chi connectivity index (χ4v) is 4.08. The second-order valence-corrected chi connectivity index (χ2v) is 8.83. The molecular formula is C23H26N6O5S. The highest BCUT2D eigenvalue weighted by molar-refractivity contribution is 7.71. The van der Waals surface area contributed by atoms with Gasteiger partial charge in [0.25, 0.3) is 0 Å². The topological polar surface area (TPSA) is 137 Å². The Balaban J connectivity index is 1.34. The molecule has 0 aromatic carbocycles. The minimum absolute atomic E-state index is 0.00568. The number of piperazine rings is 1. The Morgan fingerprint density at radius 2 is 1.77 bits per heavy atom. The van der Waals surface area contributed by atoms with Crippen molar-refractivity contribution in [1.82, 2.24) is 24.4 Å². The summed E-state index contributed by atoms with van der Waals surface area (Å²) in [4.78, 5) is 38.7. The number of hydrogen-bond acceptors (Lipinski definition) is 8. The normalized spacial score (nSPS) is 13.8. The maximum Gasteiger partial charge on any atom is 0.415 e. The molecule has 3 aromatic heterocycles. The zero-order valence-corrected chi connectivity index (χ0v) is 20.2. The van der Waals surface area contributed by atoms with Gasteiger partial charge >= 0.3 is 12.1 Å². The minimum Gasteiger partial charge on any atom is -0.493 e. The van der Waals surface area contributed by atoms with E-state index in [1.54, 1.807) is 35.4 Å². The molecule has 1 amide bonds. The summed E-state index contributed by atoms with van der Waals surface area (Å²) in [6.07, 6.45) is 2.42. The lowest BCUT2D eigenvalue weighted by Gasteiger charge is -2.34. The van der Waals surface area contributed by atoms with Crippen LogP contribution in [0, 0.1) is 4.77 Å². The second kappa shape index (κ2) is 10.1. The van der Waals surface area contributed by atoms with Gasteiger partial charge in [0.05, 0.1) is 18.3 Å². The van der Waals surface area contributed by atoms with Gasteiger partial charge in [-0.2, -0.15) is 0 Å². The van der Waals surface area contributed by atoms with Crippen LogP contribution in [0.25, 0.3) is 5.82 Å². The van der Waals surface area contributed by atoms with E-state index in [1.165, 1.54) is 10.8 Å². The molecule has 0 bridgehead atoms. The number of aliphatic carboxylic acids is 1. The van der Waals surface area contributed by atoms with Gasteiger partial charge in [-0.05, 0) is 41.9 Å². The molecule has 3 aromatic rings. The molecule has 0 aliphatic carbocycles. The van der Waals surface area contributed by atoms with E-state index in [2.05, 4.69) is 15.0 Å². The third kappa shape index (κ3) is 5.43. The monoisotopic (exact) mass is 498 g/mol. The Hall–Kier alpha value is -3.93. The number of ether oxygens (including phenoxy) is 1. The van der Waals surface area contributed by atoms with Crippen molar-refractivity contribution in [1.29, 1.82) is 0 Å². The number of carbonyl (C=O) groups is 2. The van der Waals surface area contributed by atoms with Gasteiger partial charge in [-0.3, -0.25) is 4.79 Å². The summed E-state index contributed by atoms with van der Waals surface area (Å²) < 4.78 is 7.23. The highest BCUT2D eigenvalue weighted by atomic mass is 32.1. The van der Waals surface area contributed by atoms with Gasteiger partial charge in [-0.15, -0.1) is 0 Å². The SMILES string of the molecule is CC(C)c1[nH]c(=S)n(-c2ccc(OC(=O)N3CCN(c4ccc(CC(=O)O)cn4)CC3)cn2)c1O. The van der Waals surface area contributed by atoms with Gasteiger partial charge in [0, 0.05) is 32.4 Å². The summed E-state index contributed by atoms with van der Waals surface area (Å²) in [7, 11) is 0. The Kier molecular flexibility index (Phi) is 7.01. The summed E-state index contributed by atoms with van der Waals surface area (Å²) in [6.45, 7) is 5.92. The highest BCUT2D eigenvalue weighted by Crippen LogP contribution is 2.27. The number of imidazole rings is 1. The van der Waals surface area contributed by atoms with Crippen LogP contribution in [0.1, 0.15) is 31.0 Å². The molecule has 1 aliphatic rings. The van der Waals surface area contributed by atoms with Crippen LogP contribution in [0.5, 0.6) is 11.6 Å². The maximum atomic E-state index is 12.6. The predicted octanol–water partition coefficient (Wildman–Crippen LogP) is 3.10. The number of rotatable bonds is 6. The number of H-pyrrole nitrogens is 1. The molecule has 1 fully saturated rings. The lowest BCUT2D eigenvalue weighted by Crippen LogP contribution is -2.49. The number of hydrogen-bond donors (Lipinski definition) is 3. The van der Waals surface area contributed by atoms with E-state index in [1.807, 2.05) is 18.7 Å². The van der Waals surface area contributed by atoms with Crippen molar-refractivity contribution in [2.24, 2.45) is 0 Å². The molecule has 0 radical (unpaired) electrons. The molecule has 11 nitrogen and oxygen atoms in total. The maximum absolute atomic E-state index is 12.6. The molecule has 0 saturated carbocycles. The molecule has 1 aliphatic heterocycles. The lowest BCUT2D eigenvalue weighted by molar-refractivity contribution is -0.136. The Morgan fingerprint density at radius 3 is 2.31 bits per heavy atom. The average molecular weight is 499 g/mol. The number of nitrogens with one attached hydrogen (secondary N) is 1. The number of amides is 1. The summed E-state index contributed by atoms with van der Waals surface area (Å²) in [5.74, 6) is 0.591. The van der Waals surface area contributed by atoms with E-state index in [0.717, 1.165) is 5.82 Å². The molecule has 4 heterocycles. The van der Waals surface area contributed by atoms with Crippen LogP contribution in [0.2, 0.25) is 0 Å². The summed E-state index contributed by atoms with van der Waals surface area (Å²) in [5.41, 5.74) is 1.26. The van der Waals surface area contributed by atoms with Crippen molar-refractivity contribution in [3.8, 4) is 17.4 Å². The molecule has 1 saturated heterocycles. The van der Waals surface area contributed by atoms with Crippen LogP contribution in [0.4, 0.5) is 10.6 Å². The number of carboxylic acids is 1. The second-order valence-electron chi connectivity index (χ2n) is 8.45. The fraction of sp³-hybridized carbons (Fsp3) is 0.348. The van der Waals surface area contributed by atoms with Crippen molar-refractivity contribution < 1.29 is 24.5 Å². The first-order valence-electron chi connectivity index (χ1n) is 11.1. The molecule has 35 heavy (non-hydrogen) atoms. The number of aromatic amines is 1. The predicted molar refractivity (Wildman–Crippen MR) is 130 cm³/mol. The van der Waals surface area contributed by atoms with Crippen LogP contribution in [0.3, 0.4) is 0 Å². The largest absolute Gasteiger partial charge is 0.493 e. The van der Waals surface area contributed by atoms with Crippen molar-refractivity contribution in [2.45, 2.75) is 26.2 Å². The lowest BCUT2D eigenvalue weighted by atomic mass is 10.1. The number of carboxylic acid groups (broad SMARTS) is 1. The smallest absolute Gasteiger partial charge is 0.415 e. The Bertz CT molecular complexity index is 1260. The van der Waals surface area contributed by atoms with E-state index in [0.29, 0.717) is 48.0 Å². The van der Waals surface area contributed by atoms with Crippen LogP contribution in [0.15, 0.2) is 36.7 Å². The van der Waals surface area contributed by atoms with Crippen molar-refractivity contribution >= 4 is 30.1 Å². The third-order valence-electron chi connectivity index (χ3n) is 5.66. The fourth-order valence-electron chi connectivity index (χ4n) is 3.79. The van der Waals surface area contributed by atoms with Crippen LogP contribution in [-0.2, 0) is 11.2 Å². The number of pyridine rings is 2. The van der Waals surface area contributed by atoms with E-state index in [4.69, 9.17) is 22.1 Å². The highest BCUT2D eigenvalue weighted by Gasteiger charge is 2.24. The molecule has 3 N–H and O–H groups in total. The first kappa shape index (κ1) is 24.2. The van der Waals surface area contributed by atoms with Gasteiger partial charge in [0.15, 0.2) is 10.5 Å². The number of aromatic hydroxyl groups is 1. The third-order valence-corrected chi connectivity index (χ3v) is 5.94. The van der Waals surface area contributed by atoms with Crippen molar-refractivity contribution in [2.75, 3.05) is 31.1 Å². The molecule has 0 spiro atoms. The van der Waals surface area contributed by atoms with Crippen LogP contribution < -0.4 is 9.64 Å². The number of anilines is 1. The average Bonchev–Trinajstić information content (AvgIpc) is 3.14. The standard InChI is InChI=1S/C23H26N6O5S/c1-14(2)20-21(32)29(22(35)26-20)18-6-4-16(13-25-18)34-23(33)28-9-7-27(8-10-28)17-5-3-15(12-24-17)11-19(30)31/h3-6,12-14,32H,7-11H2,1-2H3,(H,26,35)(H,30,31). The van der Waals surface area contributed by atoms with Gasteiger partial charge in [-0.1, -0.05) is 19.9 Å². The van der Waals surface area contributed by atoms with Gasteiger partial charge < -0.3 is 29.7 Å². The van der Waals surface area contributed by atoms with Crippen molar-refractivity contribution in [3.63, 3.8) is 0 Å². The number of carbonyl (C=O) groups excluding carboxylic acids is 1. The Labute approximate surface area is 206 Å². The first-order chi connectivity index (χ1) is 16.7. The van der Waals surface area contributed by atoms with E-state index < -0.39 is 12.1 Å². The summed E-state index contributed by atoms with van der Waals surface area (Å²) in [6, 6.07) is 6.76. The first-order valence-corrected chi connectivity index (χ1v) is 11.5. The van der Waals surface area contributed by atoms with E-state index in [-0.39, 0.29) is 24.0 Å². The van der Waals surface area contributed by atoms with Crippen molar-refractivity contribution in [3.05, 3.63) is 52.7 Å². The molecule has 0 atom stereocenters. The zero-order chi connectivity index (χ0) is 25.1. The molecule has 4 rings (SSSR count). The summed E-state index contributed by atoms with van der Waals surface area (Å²) in [5, 5.41) is 19.3. The van der Waals surface area contributed by atoms with E-state index in [9.17, 15) is 14.7 Å². The van der Waals surface area contributed by atoms with E-state index >= 15 is 0 Å². The minimum atomic E-state index is -0.900. The Morgan fingerprint density at radius 1 is 1.09 bits per heavy atom. The molecule has 184 valence electrons. The van der Waals surface area contributed by atoms with Gasteiger partial charge in [0.2, 0.25) is 5.88 Å². The molecular weight excluding hydrogens is 472 g/mol. The molecule has 12 heteroatoms.